The summed E-state index contributed by atoms with van der Waals surface area (Å²) in [5, 5.41) is 0. The second kappa shape index (κ2) is 4.39. The van der Waals surface area contributed by atoms with Crippen LogP contribution in [0.15, 0.2) is 18.2 Å². The van der Waals surface area contributed by atoms with E-state index < -0.39 is 11.1 Å². The Labute approximate surface area is 80.0 Å². The maximum atomic E-state index is 10.5. The van der Waals surface area contributed by atoms with E-state index in [0.717, 1.165) is 11.1 Å². The highest BCUT2D eigenvalue weighted by Gasteiger charge is 2.00. The molecule has 0 saturated heterocycles. The van der Waals surface area contributed by atoms with Gasteiger partial charge in [-0.05, 0) is 30.2 Å². The highest BCUT2D eigenvalue weighted by Crippen LogP contribution is 2.17. The van der Waals surface area contributed by atoms with Gasteiger partial charge in [-0.1, -0.05) is 17.1 Å². The van der Waals surface area contributed by atoms with Crippen molar-refractivity contribution < 1.29 is 13.5 Å². The second-order valence-electron chi connectivity index (χ2n) is 2.74. The van der Waals surface area contributed by atoms with Crippen molar-refractivity contribution in [2.75, 3.05) is 7.11 Å². The number of benzene rings is 1. The number of aryl methyl sites for hydroxylation is 1. The van der Waals surface area contributed by atoms with E-state index >= 15 is 0 Å². The van der Waals surface area contributed by atoms with Gasteiger partial charge in [-0.3, -0.25) is 4.21 Å². The standard InChI is InChI=1S/C9H12O3S/c1-7-3-4-9(12-2)5-8(7)6-13(10)11/h3-5H,6H2,1-2H3,(H,10,11)/p-1. The fourth-order valence-electron chi connectivity index (χ4n) is 1.06. The van der Waals surface area contributed by atoms with E-state index in [1.165, 1.54) is 0 Å². The summed E-state index contributed by atoms with van der Waals surface area (Å²) in [5.74, 6) is 0.731. The van der Waals surface area contributed by atoms with Gasteiger partial charge in [0.25, 0.3) is 0 Å². The minimum atomic E-state index is -2.04. The number of hydrogen-bond donors (Lipinski definition) is 0. The molecule has 0 radical (unpaired) electrons. The smallest absolute Gasteiger partial charge is 0.119 e. The highest BCUT2D eigenvalue weighted by atomic mass is 32.2. The van der Waals surface area contributed by atoms with Crippen molar-refractivity contribution in [3.63, 3.8) is 0 Å². The average Bonchev–Trinajstić information content (AvgIpc) is 2.08. The maximum absolute atomic E-state index is 10.5. The van der Waals surface area contributed by atoms with Gasteiger partial charge >= 0.3 is 0 Å². The highest BCUT2D eigenvalue weighted by molar-refractivity contribution is 7.78. The molecule has 1 rings (SSSR count). The SMILES string of the molecule is COc1ccc(C)c(CS(=O)[O-])c1. The molecule has 4 heteroatoms. The van der Waals surface area contributed by atoms with Crippen LogP contribution in [-0.2, 0) is 16.8 Å². The van der Waals surface area contributed by atoms with Gasteiger partial charge in [0, 0.05) is 5.75 Å². The Balaban J connectivity index is 2.96. The Bertz CT molecular complexity index is 323. The molecule has 1 aromatic rings. The lowest BCUT2D eigenvalue weighted by molar-refractivity contribution is 0.414. The van der Waals surface area contributed by atoms with Crippen molar-refractivity contribution in [2.24, 2.45) is 0 Å². The first kappa shape index (κ1) is 10.2. The first-order valence-corrected chi connectivity index (χ1v) is 5.07. The van der Waals surface area contributed by atoms with Crippen LogP contribution >= 0.6 is 0 Å². The lowest BCUT2D eigenvalue weighted by Crippen LogP contribution is -1.96. The van der Waals surface area contributed by atoms with Crippen molar-refractivity contribution in [3.05, 3.63) is 29.3 Å². The molecule has 0 N–H and O–H groups in total. The molecule has 0 amide bonds. The summed E-state index contributed by atoms with van der Waals surface area (Å²) in [6.45, 7) is 1.88. The molecular formula is C9H11O3S-. The van der Waals surface area contributed by atoms with Crippen molar-refractivity contribution in [1.82, 2.24) is 0 Å². The zero-order valence-corrected chi connectivity index (χ0v) is 8.39. The van der Waals surface area contributed by atoms with Crippen LogP contribution in [0, 0.1) is 6.92 Å². The van der Waals surface area contributed by atoms with E-state index in [2.05, 4.69) is 0 Å². The van der Waals surface area contributed by atoms with E-state index in [-0.39, 0.29) is 5.75 Å². The molecule has 13 heavy (non-hydrogen) atoms. The van der Waals surface area contributed by atoms with Crippen LogP contribution in [0.1, 0.15) is 11.1 Å². The number of ether oxygens (including phenoxy) is 1. The first-order valence-electron chi connectivity index (χ1n) is 3.83. The van der Waals surface area contributed by atoms with E-state index in [4.69, 9.17) is 4.74 Å². The summed E-state index contributed by atoms with van der Waals surface area (Å²) >= 11 is -2.04. The largest absolute Gasteiger partial charge is 0.772 e. The van der Waals surface area contributed by atoms with E-state index in [9.17, 15) is 8.76 Å². The Hall–Kier alpha value is -0.870. The molecule has 0 aliphatic rings. The molecule has 3 nitrogen and oxygen atoms in total. The normalized spacial score (nSPS) is 12.5. The molecule has 1 atom stereocenters. The number of rotatable bonds is 3. The summed E-state index contributed by atoms with van der Waals surface area (Å²) in [7, 11) is 1.56. The van der Waals surface area contributed by atoms with Gasteiger partial charge < -0.3 is 9.29 Å². The van der Waals surface area contributed by atoms with Gasteiger partial charge in [0.15, 0.2) is 0 Å². The molecule has 0 aliphatic heterocycles. The number of hydrogen-bond acceptors (Lipinski definition) is 3. The van der Waals surface area contributed by atoms with Crippen LogP contribution < -0.4 is 4.74 Å². The molecule has 0 saturated carbocycles. The van der Waals surface area contributed by atoms with Crippen LogP contribution in [0.5, 0.6) is 5.75 Å². The van der Waals surface area contributed by atoms with Gasteiger partial charge in [-0.25, -0.2) is 0 Å². The maximum Gasteiger partial charge on any atom is 0.119 e. The summed E-state index contributed by atoms with van der Waals surface area (Å²) in [6, 6.07) is 5.40. The zero-order valence-electron chi connectivity index (χ0n) is 7.57. The second-order valence-corrected chi connectivity index (χ2v) is 3.64. The van der Waals surface area contributed by atoms with Crippen LogP contribution in [0.4, 0.5) is 0 Å². The Kier molecular flexibility index (Phi) is 3.45. The summed E-state index contributed by atoms with van der Waals surface area (Å²) in [6.07, 6.45) is 0. The van der Waals surface area contributed by atoms with Crippen LogP contribution in [0.25, 0.3) is 0 Å². The predicted molar refractivity (Wildman–Crippen MR) is 50.4 cm³/mol. The van der Waals surface area contributed by atoms with Gasteiger partial charge in [-0.2, -0.15) is 0 Å². The monoisotopic (exact) mass is 199 g/mol. The Morgan fingerprint density at radius 1 is 1.54 bits per heavy atom. The minimum absolute atomic E-state index is 0.0447. The molecule has 72 valence electrons. The molecule has 0 aromatic heterocycles. The molecule has 0 spiro atoms. The Morgan fingerprint density at radius 2 is 2.23 bits per heavy atom. The third-order valence-electron chi connectivity index (χ3n) is 1.83. The van der Waals surface area contributed by atoms with Gasteiger partial charge in [0.2, 0.25) is 0 Å². The fourth-order valence-corrected chi connectivity index (χ4v) is 1.62. The third-order valence-corrected chi connectivity index (χ3v) is 2.38. The van der Waals surface area contributed by atoms with Crippen LogP contribution in [0.2, 0.25) is 0 Å². The van der Waals surface area contributed by atoms with Crippen molar-refractivity contribution in [3.8, 4) is 5.75 Å². The fraction of sp³-hybridized carbons (Fsp3) is 0.333. The first-order chi connectivity index (χ1) is 6.13. The quantitative estimate of drug-likeness (QED) is 0.691. The van der Waals surface area contributed by atoms with E-state index in [1.807, 2.05) is 19.1 Å². The van der Waals surface area contributed by atoms with Gasteiger partial charge in [0.05, 0.1) is 7.11 Å². The minimum Gasteiger partial charge on any atom is -0.772 e. The van der Waals surface area contributed by atoms with Crippen molar-refractivity contribution >= 4 is 11.1 Å². The molecule has 1 aromatic carbocycles. The lowest BCUT2D eigenvalue weighted by atomic mass is 10.1. The molecule has 0 aliphatic carbocycles. The van der Waals surface area contributed by atoms with Crippen molar-refractivity contribution in [2.45, 2.75) is 12.7 Å². The van der Waals surface area contributed by atoms with E-state index in [0.29, 0.717) is 5.75 Å². The molecule has 0 bridgehead atoms. The molecule has 0 heterocycles. The topological polar surface area (TPSA) is 49.4 Å². The van der Waals surface area contributed by atoms with Crippen LogP contribution in [0.3, 0.4) is 0 Å². The molecule has 1 unspecified atom stereocenters. The number of methoxy groups -OCH3 is 1. The van der Waals surface area contributed by atoms with Gasteiger partial charge in [0.1, 0.15) is 5.75 Å². The molecular weight excluding hydrogens is 188 g/mol. The summed E-state index contributed by atoms with van der Waals surface area (Å²) in [5.41, 5.74) is 1.75. The Morgan fingerprint density at radius 3 is 2.77 bits per heavy atom. The third kappa shape index (κ3) is 2.82. The summed E-state index contributed by atoms with van der Waals surface area (Å²) in [4.78, 5) is 0. The molecule has 0 fully saturated rings. The summed E-state index contributed by atoms with van der Waals surface area (Å²) < 4.78 is 25.9. The van der Waals surface area contributed by atoms with Gasteiger partial charge in [-0.15, -0.1) is 0 Å². The predicted octanol–water partition coefficient (Wildman–Crippen LogP) is 1.38. The zero-order chi connectivity index (χ0) is 9.84. The van der Waals surface area contributed by atoms with E-state index in [1.54, 1.807) is 13.2 Å². The van der Waals surface area contributed by atoms with Crippen molar-refractivity contribution in [1.29, 1.82) is 0 Å². The average molecular weight is 199 g/mol. The lowest BCUT2D eigenvalue weighted by Gasteiger charge is -2.09. The van der Waals surface area contributed by atoms with Crippen LogP contribution in [-0.4, -0.2) is 15.9 Å².